The molecule has 5 rings (SSSR count). The fourth-order valence-corrected chi connectivity index (χ4v) is 10.8. The minimum absolute atomic E-state index is 0.0231. The summed E-state index contributed by atoms with van der Waals surface area (Å²) < 4.78 is 52.0. The van der Waals surface area contributed by atoms with Gasteiger partial charge in [-0.25, -0.2) is 22.0 Å². The van der Waals surface area contributed by atoms with Crippen LogP contribution in [0.2, 0.25) is 0 Å². The Kier molecular flexibility index (Phi) is 12.5. The number of urea groups is 1. The van der Waals surface area contributed by atoms with Gasteiger partial charge in [0.1, 0.15) is 12.1 Å². The smallest absolute Gasteiger partial charge is 0.315 e. The first-order valence-corrected chi connectivity index (χ1v) is 21.8. The molecule has 0 spiro atoms. The largest absolute Gasteiger partial charge is 0.347 e. The van der Waals surface area contributed by atoms with E-state index in [1.165, 1.54) is 4.90 Å². The van der Waals surface area contributed by atoms with Crippen LogP contribution in [0.3, 0.4) is 0 Å². The Morgan fingerprint density at radius 1 is 0.852 bits per heavy atom. The lowest BCUT2D eigenvalue weighted by Crippen LogP contribution is -2.65. The van der Waals surface area contributed by atoms with E-state index in [4.69, 9.17) is 0 Å². The van der Waals surface area contributed by atoms with Crippen LogP contribution in [0.15, 0.2) is 0 Å². The minimum atomic E-state index is -3.60. The Hall–Kier alpha value is -2.84. The predicted octanol–water partition coefficient (Wildman–Crippen LogP) is 4.79. The number of nitrogens with one attached hydrogen (secondary N) is 4. The van der Waals surface area contributed by atoms with Crippen molar-refractivity contribution in [3.05, 3.63) is 0 Å². The van der Waals surface area contributed by atoms with Crippen LogP contribution in [-0.4, -0.2) is 96.0 Å². The second-order valence-corrected chi connectivity index (χ2v) is 21.6. The Morgan fingerprint density at radius 2 is 1.44 bits per heavy atom. The van der Waals surface area contributed by atoms with Gasteiger partial charge < -0.3 is 26.2 Å². The van der Waals surface area contributed by atoms with Crippen LogP contribution in [0.1, 0.15) is 138 Å². The number of rotatable bonds is 15. The number of hydrogen-bond donors (Lipinski definition) is 4. The first kappa shape index (κ1) is 42.3. The van der Waals surface area contributed by atoms with Crippen molar-refractivity contribution >= 4 is 39.4 Å². The second kappa shape index (κ2) is 16.0. The molecule has 0 bridgehead atoms. The zero-order chi connectivity index (χ0) is 39.9. The van der Waals surface area contributed by atoms with Crippen molar-refractivity contribution in [3.63, 3.8) is 0 Å². The molecular formula is C39H63F2N5O7S. The molecule has 1 unspecified atom stereocenters. The molecule has 5 aliphatic rings. The maximum Gasteiger partial charge on any atom is 0.315 e. The lowest BCUT2D eigenvalue weighted by molar-refractivity contribution is -0.146. The van der Waals surface area contributed by atoms with Gasteiger partial charge in [0.05, 0.1) is 22.1 Å². The Bertz CT molecular complexity index is 1550. The number of piperidine rings is 1. The number of halogens is 2. The van der Waals surface area contributed by atoms with Gasteiger partial charge >= 0.3 is 6.03 Å². The summed E-state index contributed by atoms with van der Waals surface area (Å²) in [7, 11) is -3.60. The zero-order valence-corrected chi connectivity index (χ0v) is 33.8. The molecule has 12 nitrogen and oxygen atoms in total. The molecule has 1 saturated heterocycles. The van der Waals surface area contributed by atoms with Gasteiger partial charge in [-0.15, -0.1) is 0 Å². The number of carbonyl (C=O) groups is 5. The van der Waals surface area contributed by atoms with Crippen molar-refractivity contribution in [1.82, 2.24) is 26.2 Å². The maximum atomic E-state index is 14.9. The molecule has 5 atom stereocenters. The maximum absolute atomic E-state index is 14.9. The lowest BCUT2D eigenvalue weighted by atomic mass is 9.70. The highest BCUT2D eigenvalue weighted by atomic mass is 32.2. The number of nitrogens with zero attached hydrogens (tertiary/aromatic N) is 1. The number of Topliss-reactive ketones (excluding diaryl/α,β-unsaturated/α-hetero) is 1. The monoisotopic (exact) mass is 783 g/mol. The summed E-state index contributed by atoms with van der Waals surface area (Å²) in [6.07, 6.45) is 5.59. The summed E-state index contributed by atoms with van der Waals surface area (Å²) in [6, 6.07) is -4.10. The van der Waals surface area contributed by atoms with Crippen LogP contribution in [0.25, 0.3) is 0 Å². The first-order chi connectivity index (χ1) is 25.1. The first-order valence-electron chi connectivity index (χ1n) is 20.2. The van der Waals surface area contributed by atoms with Gasteiger partial charge in [0.25, 0.3) is 5.91 Å². The molecule has 5 fully saturated rings. The van der Waals surface area contributed by atoms with Crippen molar-refractivity contribution in [2.24, 2.45) is 22.7 Å². The fraction of sp³-hybridized carbons (Fsp3) is 0.872. The Morgan fingerprint density at radius 3 is 2.00 bits per heavy atom. The third-order valence-electron chi connectivity index (χ3n) is 13.2. The average molecular weight is 784 g/mol. The lowest BCUT2D eigenvalue weighted by Gasteiger charge is -2.44. The summed E-state index contributed by atoms with van der Waals surface area (Å²) in [6.45, 7) is 11.2. The SMILES string of the molecule is CC1([C@H](NC(=O)NC2(CS(=O)(=O)C(C)(C)C)CCCCC2)C(=O)N2C[C@H]3[C@@H]([C@H]2C(=O)NC(CCCC(F)F)C(=O)C(=O)NC2CC2)C3(C)C)CCCCC1. The molecule has 1 heterocycles. The van der Waals surface area contributed by atoms with E-state index in [0.29, 0.717) is 25.7 Å². The van der Waals surface area contributed by atoms with Gasteiger partial charge in [-0.1, -0.05) is 59.3 Å². The molecule has 1 aliphatic heterocycles. The third-order valence-corrected chi connectivity index (χ3v) is 16.0. The van der Waals surface area contributed by atoms with E-state index in [9.17, 15) is 41.2 Å². The van der Waals surface area contributed by atoms with Crippen molar-refractivity contribution < 1.29 is 41.2 Å². The molecule has 15 heteroatoms. The van der Waals surface area contributed by atoms with Crippen LogP contribution in [0.5, 0.6) is 0 Å². The molecular weight excluding hydrogens is 721 g/mol. The van der Waals surface area contributed by atoms with Gasteiger partial charge in [-0.2, -0.15) is 0 Å². The van der Waals surface area contributed by atoms with E-state index in [-0.39, 0.29) is 48.4 Å². The van der Waals surface area contributed by atoms with Gasteiger partial charge in [0, 0.05) is 19.0 Å². The quantitative estimate of drug-likeness (QED) is 0.173. The number of fused-ring (bicyclic) bond motifs is 1. The van der Waals surface area contributed by atoms with Crippen LogP contribution < -0.4 is 21.3 Å². The zero-order valence-electron chi connectivity index (χ0n) is 33.0. The summed E-state index contributed by atoms with van der Waals surface area (Å²) in [4.78, 5) is 70.8. The number of amides is 5. The highest BCUT2D eigenvalue weighted by molar-refractivity contribution is 7.92. The summed E-state index contributed by atoms with van der Waals surface area (Å²) in [5, 5.41) is 11.4. The molecule has 5 amide bonds. The normalized spacial score (nSPS) is 26.9. The van der Waals surface area contributed by atoms with Gasteiger partial charge in [0.15, 0.2) is 9.84 Å². The van der Waals surface area contributed by atoms with Crippen LogP contribution in [0.4, 0.5) is 13.6 Å². The van der Waals surface area contributed by atoms with Gasteiger partial charge in [-0.3, -0.25) is 19.2 Å². The molecule has 0 aromatic rings. The minimum Gasteiger partial charge on any atom is -0.347 e. The number of hydrogen-bond acceptors (Lipinski definition) is 7. The van der Waals surface area contributed by atoms with E-state index in [1.807, 2.05) is 20.8 Å². The Balaban J connectivity index is 1.39. The molecule has 4 N–H and O–H groups in total. The van der Waals surface area contributed by atoms with Crippen molar-refractivity contribution in [2.75, 3.05) is 12.3 Å². The third kappa shape index (κ3) is 9.40. The number of likely N-dealkylation sites (tertiary alicyclic amines) is 1. The predicted molar refractivity (Wildman–Crippen MR) is 200 cm³/mol. The highest BCUT2D eigenvalue weighted by Gasteiger charge is 2.70. The standard InChI is InChI=1S/C39H63F2N5O7S/c1-36(2,3)54(52,53)23-39(20-11-8-12-21-39)45-35(51)44-31(38(6)18-9-7-10-19-38)34(50)46-22-25-28(37(25,4)5)29(46)32(48)43-26(14-13-15-27(40)41)30(47)33(49)42-24-16-17-24/h24-29,31H,7-23H2,1-6H3,(H,42,49)(H,43,48)(H2,44,45,51)/t25-,26?,28-,29-,31+/m0/s1. The molecule has 4 saturated carbocycles. The van der Waals surface area contributed by atoms with Crippen molar-refractivity contribution in [1.29, 1.82) is 0 Å². The number of carbonyl (C=O) groups excluding carboxylic acids is 5. The van der Waals surface area contributed by atoms with E-state index in [1.54, 1.807) is 20.8 Å². The van der Waals surface area contributed by atoms with Crippen LogP contribution in [0, 0.1) is 22.7 Å². The van der Waals surface area contributed by atoms with E-state index < -0.39 is 86.0 Å². The van der Waals surface area contributed by atoms with E-state index in [2.05, 4.69) is 21.3 Å². The summed E-state index contributed by atoms with van der Waals surface area (Å²) in [5.41, 5.74) is -1.94. The molecule has 0 aromatic heterocycles. The van der Waals surface area contributed by atoms with E-state index in [0.717, 1.165) is 51.4 Å². The second-order valence-electron chi connectivity index (χ2n) is 18.8. The van der Waals surface area contributed by atoms with Crippen LogP contribution >= 0.6 is 0 Å². The summed E-state index contributed by atoms with van der Waals surface area (Å²) in [5.74, 6) is -3.30. The molecule has 306 valence electrons. The number of alkyl halides is 2. The van der Waals surface area contributed by atoms with Crippen molar-refractivity contribution in [3.8, 4) is 0 Å². The van der Waals surface area contributed by atoms with Gasteiger partial charge in [0.2, 0.25) is 24.0 Å². The van der Waals surface area contributed by atoms with Crippen molar-refractivity contribution in [2.45, 2.75) is 179 Å². The Labute approximate surface area is 319 Å². The number of sulfone groups is 1. The molecule has 54 heavy (non-hydrogen) atoms. The molecule has 0 aromatic carbocycles. The highest BCUT2D eigenvalue weighted by Crippen LogP contribution is 2.65. The number of ketones is 1. The topological polar surface area (TPSA) is 171 Å². The average Bonchev–Trinajstić information content (AvgIpc) is 3.93. The summed E-state index contributed by atoms with van der Waals surface area (Å²) >= 11 is 0. The molecule has 4 aliphatic carbocycles. The van der Waals surface area contributed by atoms with Gasteiger partial charge in [-0.05, 0) is 94.8 Å². The van der Waals surface area contributed by atoms with Crippen LogP contribution in [-0.2, 0) is 29.0 Å². The molecule has 0 radical (unpaired) electrons. The van der Waals surface area contributed by atoms with E-state index >= 15 is 0 Å². The fourth-order valence-electron chi connectivity index (χ4n) is 9.33.